The summed E-state index contributed by atoms with van der Waals surface area (Å²) >= 11 is 0. The standard InChI is InChI=1S/C18H31N3/c1-5-10-19-13-16-8-9-17(12-15(16)2)21-11-6-7-18(14-21)20(3)4/h8-9,12,18-19H,5-7,10-11,13-14H2,1-4H3. The molecular formula is C18H31N3. The van der Waals surface area contributed by atoms with Gasteiger partial charge in [-0.2, -0.15) is 0 Å². The molecule has 1 atom stereocenters. The van der Waals surface area contributed by atoms with Crippen LogP contribution < -0.4 is 10.2 Å². The molecule has 2 rings (SSSR count). The highest BCUT2D eigenvalue weighted by Gasteiger charge is 2.21. The molecule has 3 heteroatoms. The predicted molar refractivity (Wildman–Crippen MR) is 92.1 cm³/mol. The van der Waals surface area contributed by atoms with Crippen molar-refractivity contribution in [2.75, 3.05) is 38.6 Å². The Morgan fingerprint density at radius 3 is 2.81 bits per heavy atom. The zero-order chi connectivity index (χ0) is 15.2. The largest absolute Gasteiger partial charge is 0.370 e. The highest BCUT2D eigenvalue weighted by atomic mass is 15.2. The van der Waals surface area contributed by atoms with Crippen molar-refractivity contribution in [2.45, 2.75) is 45.7 Å². The molecule has 1 N–H and O–H groups in total. The minimum Gasteiger partial charge on any atom is -0.370 e. The third kappa shape index (κ3) is 4.45. The fraction of sp³-hybridized carbons (Fsp3) is 0.667. The average Bonchev–Trinajstić information content (AvgIpc) is 2.49. The second-order valence-corrected chi connectivity index (χ2v) is 6.49. The number of nitrogens with zero attached hydrogens (tertiary/aromatic N) is 2. The maximum absolute atomic E-state index is 3.49. The lowest BCUT2D eigenvalue weighted by Crippen LogP contribution is -2.45. The molecule has 1 aromatic carbocycles. The van der Waals surface area contributed by atoms with Gasteiger partial charge in [0.2, 0.25) is 0 Å². The summed E-state index contributed by atoms with van der Waals surface area (Å²) in [7, 11) is 4.39. The van der Waals surface area contributed by atoms with Gasteiger partial charge < -0.3 is 15.1 Å². The fourth-order valence-corrected chi connectivity index (χ4v) is 3.09. The van der Waals surface area contributed by atoms with Crippen LogP contribution in [0.25, 0.3) is 0 Å². The van der Waals surface area contributed by atoms with E-state index in [0.29, 0.717) is 6.04 Å². The molecule has 21 heavy (non-hydrogen) atoms. The Kier molecular flexibility index (Phi) is 6.07. The molecule has 1 aromatic rings. The van der Waals surface area contributed by atoms with Gasteiger partial charge in [-0.1, -0.05) is 13.0 Å². The topological polar surface area (TPSA) is 18.5 Å². The van der Waals surface area contributed by atoms with Crippen LogP contribution in [0.2, 0.25) is 0 Å². The number of benzene rings is 1. The normalized spacial score (nSPS) is 19.3. The molecule has 0 amide bonds. The van der Waals surface area contributed by atoms with Gasteiger partial charge in [-0.15, -0.1) is 0 Å². The summed E-state index contributed by atoms with van der Waals surface area (Å²) in [6.07, 6.45) is 3.81. The van der Waals surface area contributed by atoms with E-state index in [-0.39, 0.29) is 0 Å². The second-order valence-electron chi connectivity index (χ2n) is 6.49. The summed E-state index contributed by atoms with van der Waals surface area (Å²) in [5.41, 5.74) is 4.22. The van der Waals surface area contributed by atoms with E-state index in [1.165, 1.54) is 42.6 Å². The Morgan fingerprint density at radius 2 is 2.14 bits per heavy atom. The number of aryl methyl sites for hydroxylation is 1. The average molecular weight is 289 g/mol. The molecular weight excluding hydrogens is 258 g/mol. The van der Waals surface area contributed by atoms with Crippen LogP contribution in [0.5, 0.6) is 0 Å². The Balaban J connectivity index is 2.01. The highest BCUT2D eigenvalue weighted by Crippen LogP contribution is 2.24. The van der Waals surface area contributed by atoms with Gasteiger partial charge in [0, 0.05) is 31.4 Å². The third-order valence-electron chi connectivity index (χ3n) is 4.56. The van der Waals surface area contributed by atoms with Gasteiger partial charge in [0.05, 0.1) is 0 Å². The Morgan fingerprint density at radius 1 is 1.33 bits per heavy atom. The van der Waals surface area contributed by atoms with Crippen molar-refractivity contribution in [2.24, 2.45) is 0 Å². The van der Waals surface area contributed by atoms with Crippen molar-refractivity contribution in [3.63, 3.8) is 0 Å². The summed E-state index contributed by atoms with van der Waals surface area (Å²) in [4.78, 5) is 4.91. The van der Waals surface area contributed by atoms with Crippen molar-refractivity contribution < 1.29 is 0 Å². The van der Waals surface area contributed by atoms with Crippen LogP contribution in [0.3, 0.4) is 0 Å². The molecule has 0 aliphatic carbocycles. The number of likely N-dealkylation sites (N-methyl/N-ethyl adjacent to an activating group) is 1. The Labute approximate surface area is 130 Å². The minimum atomic E-state index is 0.685. The number of anilines is 1. The van der Waals surface area contributed by atoms with Crippen LogP contribution in [0, 0.1) is 6.92 Å². The quantitative estimate of drug-likeness (QED) is 0.812. The lowest BCUT2D eigenvalue weighted by molar-refractivity contribution is 0.258. The molecule has 3 nitrogen and oxygen atoms in total. The van der Waals surface area contributed by atoms with Crippen LogP contribution in [-0.4, -0.2) is 44.7 Å². The summed E-state index contributed by atoms with van der Waals surface area (Å²) in [6.45, 7) is 8.87. The van der Waals surface area contributed by atoms with Crippen LogP contribution >= 0.6 is 0 Å². The van der Waals surface area contributed by atoms with Crippen LogP contribution in [-0.2, 0) is 6.54 Å². The van der Waals surface area contributed by atoms with Gasteiger partial charge in [-0.05, 0) is 70.1 Å². The smallest absolute Gasteiger partial charge is 0.0369 e. The minimum absolute atomic E-state index is 0.685. The number of rotatable bonds is 6. The monoisotopic (exact) mass is 289 g/mol. The van der Waals surface area contributed by atoms with Gasteiger partial charge in [-0.25, -0.2) is 0 Å². The molecule has 1 saturated heterocycles. The molecule has 1 aliphatic rings. The number of nitrogens with one attached hydrogen (secondary N) is 1. The van der Waals surface area contributed by atoms with E-state index >= 15 is 0 Å². The van der Waals surface area contributed by atoms with E-state index < -0.39 is 0 Å². The van der Waals surface area contributed by atoms with Gasteiger partial charge in [0.25, 0.3) is 0 Å². The van der Waals surface area contributed by atoms with Gasteiger partial charge in [0.15, 0.2) is 0 Å². The second kappa shape index (κ2) is 7.81. The van der Waals surface area contributed by atoms with Crippen molar-refractivity contribution in [3.8, 4) is 0 Å². The van der Waals surface area contributed by atoms with E-state index in [9.17, 15) is 0 Å². The van der Waals surface area contributed by atoms with Gasteiger partial charge in [0.1, 0.15) is 0 Å². The molecule has 0 saturated carbocycles. The number of hydrogen-bond acceptors (Lipinski definition) is 3. The molecule has 1 heterocycles. The predicted octanol–water partition coefficient (Wildman–Crippen LogP) is 3.03. The lowest BCUT2D eigenvalue weighted by atomic mass is 10.0. The summed E-state index contributed by atoms with van der Waals surface area (Å²) < 4.78 is 0. The Bertz CT molecular complexity index is 442. The van der Waals surface area contributed by atoms with Gasteiger partial charge >= 0.3 is 0 Å². The molecule has 1 unspecified atom stereocenters. The summed E-state index contributed by atoms with van der Waals surface area (Å²) in [5.74, 6) is 0. The summed E-state index contributed by atoms with van der Waals surface area (Å²) in [5, 5.41) is 3.49. The molecule has 0 spiro atoms. The first-order chi connectivity index (χ1) is 10.1. The molecule has 0 radical (unpaired) electrons. The summed E-state index contributed by atoms with van der Waals surface area (Å²) in [6, 6.07) is 7.65. The van der Waals surface area contributed by atoms with Crippen LogP contribution in [0.15, 0.2) is 18.2 Å². The zero-order valence-electron chi connectivity index (χ0n) is 14.2. The van der Waals surface area contributed by atoms with E-state index in [1.54, 1.807) is 0 Å². The molecule has 118 valence electrons. The lowest BCUT2D eigenvalue weighted by Gasteiger charge is -2.37. The first kappa shape index (κ1) is 16.3. The van der Waals surface area contributed by atoms with E-state index in [2.05, 4.69) is 61.3 Å². The van der Waals surface area contributed by atoms with Gasteiger partial charge in [-0.3, -0.25) is 0 Å². The van der Waals surface area contributed by atoms with Crippen molar-refractivity contribution >= 4 is 5.69 Å². The maximum Gasteiger partial charge on any atom is 0.0369 e. The SMILES string of the molecule is CCCNCc1ccc(N2CCCC(N(C)C)C2)cc1C. The maximum atomic E-state index is 3.49. The Hall–Kier alpha value is -1.06. The molecule has 1 aliphatic heterocycles. The first-order valence-corrected chi connectivity index (χ1v) is 8.33. The molecule has 1 fully saturated rings. The van der Waals surface area contributed by atoms with E-state index in [0.717, 1.165) is 19.6 Å². The zero-order valence-corrected chi connectivity index (χ0v) is 14.2. The van der Waals surface area contributed by atoms with E-state index in [4.69, 9.17) is 0 Å². The third-order valence-corrected chi connectivity index (χ3v) is 4.56. The highest BCUT2D eigenvalue weighted by molar-refractivity contribution is 5.51. The number of piperidine rings is 1. The van der Waals surface area contributed by atoms with E-state index in [1.807, 2.05) is 0 Å². The van der Waals surface area contributed by atoms with Crippen molar-refractivity contribution in [3.05, 3.63) is 29.3 Å². The van der Waals surface area contributed by atoms with Crippen molar-refractivity contribution in [1.29, 1.82) is 0 Å². The number of hydrogen-bond donors (Lipinski definition) is 1. The molecule has 0 bridgehead atoms. The fourth-order valence-electron chi connectivity index (χ4n) is 3.09. The van der Waals surface area contributed by atoms with Crippen LogP contribution in [0.4, 0.5) is 5.69 Å². The van der Waals surface area contributed by atoms with Crippen LogP contribution in [0.1, 0.15) is 37.3 Å². The first-order valence-electron chi connectivity index (χ1n) is 8.33. The van der Waals surface area contributed by atoms with Crippen molar-refractivity contribution in [1.82, 2.24) is 10.2 Å². The molecule has 0 aromatic heterocycles.